The maximum Gasteiger partial charge on any atom is 0.166 e. The summed E-state index contributed by atoms with van der Waals surface area (Å²) in [7, 11) is -0.154. The standard InChI is InChI=1S/C31H24IOS/c1-23-12-21-31(32)30(22-23)24-13-15-25(16-14-24)33-26-17-19-29(20-18-26)34(27-8-4-2-5-9-27)28-10-6-3-7-11-28/h2-22H,1H3/q+1. The second-order valence-electron chi connectivity index (χ2n) is 8.01. The van der Waals surface area contributed by atoms with Crippen molar-refractivity contribution in [3.05, 3.63) is 137 Å². The fourth-order valence-corrected chi connectivity index (χ4v) is 6.59. The Morgan fingerprint density at radius 3 is 1.62 bits per heavy atom. The van der Waals surface area contributed by atoms with E-state index in [-0.39, 0.29) is 10.9 Å². The van der Waals surface area contributed by atoms with Gasteiger partial charge in [0.25, 0.3) is 0 Å². The molecule has 0 aliphatic heterocycles. The van der Waals surface area contributed by atoms with Crippen LogP contribution in [0.25, 0.3) is 11.1 Å². The average Bonchev–Trinajstić information content (AvgIpc) is 2.89. The summed E-state index contributed by atoms with van der Waals surface area (Å²) in [6, 6.07) is 44.8. The van der Waals surface area contributed by atoms with Gasteiger partial charge in [0, 0.05) is 3.57 Å². The van der Waals surface area contributed by atoms with E-state index in [4.69, 9.17) is 4.74 Å². The zero-order chi connectivity index (χ0) is 23.3. The van der Waals surface area contributed by atoms with Crippen molar-refractivity contribution in [1.82, 2.24) is 0 Å². The van der Waals surface area contributed by atoms with Gasteiger partial charge in [0.2, 0.25) is 0 Å². The van der Waals surface area contributed by atoms with Gasteiger partial charge in [0.1, 0.15) is 11.5 Å². The molecule has 0 aliphatic carbocycles. The second kappa shape index (κ2) is 10.5. The summed E-state index contributed by atoms with van der Waals surface area (Å²) < 4.78 is 7.42. The minimum atomic E-state index is -0.154. The lowest BCUT2D eigenvalue weighted by Gasteiger charge is -2.10. The zero-order valence-corrected chi connectivity index (χ0v) is 21.8. The SMILES string of the molecule is Cc1ccc(I)c(-c2ccc(Oc3ccc([S+](c4ccccc4)c4ccccc4)cc3)cc2)c1. The van der Waals surface area contributed by atoms with E-state index >= 15 is 0 Å². The Morgan fingerprint density at radius 2 is 1.06 bits per heavy atom. The molecule has 0 fully saturated rings. The van der Waals surface area contributed by atoms with Crippen LogP contribution >= 0.6 is 22.6 Å². The summed E-state index contributed by atoms with van der Waals surface area (Å²) in [4.78, 5) is 3.89. The van der Waals surface area contributed by atoms with Crippen LogP contribution in [0, 0.1) is 10.5 Å². The molecule has 0 spiro atoms. The van der Waals surface area contributed by atoms with E-state index in [1.807, 2.05) is 12.1 Å². The van der Waals surface area contributed by atoms with Crippen LogP contribution in [0.3, 0.4) is 0 Å². The largest absolute Gasteiger partial charge is 0.457 e. The predicted molar refractivity (Wildman–Crippen MR) is 151 cm³/mol. The molecule has 0 aromatic heterocycles. The number of ether oxygens (including phenoxy) is 1. The van der Waals surface area contributed by atoms with Crippen molar-refractivity contribution in [3.63, 3.8) is 0 Å². The summed E-state index contributed by atoms with van der Waals surface area (Å²) >= 11 is 2.39. The molecule has 0 radical (unpaired) electrons. The van der Waals surface area contributed by atoms with Gasteiger partial charge < -0.3 is 4.74 Å². The topological polar surface area (TPSA) is 9.23 Å². The molecule has 166 valence electrons. The zero-order valence-electron chi connectivity index (χ0n) is 18.8. The summed E-state index contributed by atoms with van der Waals surface area (Å²) in [5.74, 6) is 1.68. The monoisotopic (exact) mass is 571 g/mol. The van der Waals surface area contributed by atoms with Gasteiger partial charge in [-0.1, -0.05) is 66.2 Å². The van der Waals surface area contributed by atoms with Gasteiger partial charge in [-0.3, -0.25) is 0 Å². The normalized spacial score (nSPS) is 10.9. The first-order valence-corrected chi connectivity index (χ1v) is 13.5. The molecule has 0 N–H and O–H groups in total. The molecule has 0 bridgehead atoms. The molecule has 34 heavy (non-hydrogen) atoms. The van der Waals surface area contributed by atoms with Crippen LogP contribution in [0.4, 0.5) is 0 Å². The van der Waals surface area contributed by atoms with E-state index in [1.165, 1.54) is 34.9 Å². The molecule has 5 aromatic rings. The smallest absolute Gasteiger partial charge is 0.166 e. The number of aryl methyl sites for hydroxylation is 1. The molecular weight excluding hydrogens is 547 g/mol. The van der Waals surface area contributed by atoms with Gasteiger partial charge in [-0.05, 0) is 107 Å². The second-order valence-corrected chi connectivity index (χ2v) is 11.2. The van der Waals surface area contributed by atoms with Crippen LogP contribution in [0.5, 0.6) is 11.5 Å². The van der Waals surface area contributed by atoms with Crippen molar-refractivity contribution in [2.45, 2.75) is 21.6 Å². The highest BCUT2D eigenvalue weighted by Crippen LogP contribution is 2.33. The van der Waals surface area contributed by atoms with Crippen molar-refractivity contribution in [2.75, 3.05) is 0 Å². The van der Waals surface area contributed by atoms with E-state index in [0.29, 0.717) is 0 Å². The minimum absolute atomic E-state index is 0.154. The quantitative estimate of drug-likeness (QED) is 0.146. The van der Waals surface area contributed by atoms with Gasteiger partial charge in [0.15, 0.2) is 14.7 Å². The molecule has 3 heteroatoms. The molecule has 0 saturated carbocycles. The minimum Gasteiger partial charge on any atom is -0.457 e. The van der Waals surface area contributed by atoms with Crippen molar-refractivity contribution >= 4 is 33.5 Å². The number of hydrogen-bond acceptors (Lipinski definition) is 1. The fourth-order valence-electron chi connectivity index (χ4n) is 3.86. The Bertz CT molecular complexity index is 1330. The van der Waals surface area contributed by atoms with Crippen LogP contribution in [0.15, 0.2) is 142 Å². The van der Waals surface area contributed by atoms with Gasteiger partial charge >= 0.3 is 0 Å². The van der Waals surface area contributed by atoms with Gasteiger partial charge in [-0.2, -0.15) is 0 Å². The third kappa shape index (κ3) is 5.21. The van der Waals surface area contributed by atoms with Crippen LogP contribution < -0.4 is 4.74 Å². The highest BCUT2D eigenvalue weighted by Gasteiger charge is 2.28. The Labute approximate surface area is 217 Å². The third-order valence-electron chi connectivity index (χ3n) is 5.54. The van der Waals surface area contributed by atoms with Gasteiger partial charge in [-0.15, -0.1) is 0 Å². The van der Waals surface area contributed by atoms with E-state index in [2.05, 4.69) is 145 Å². The highest BCUT2D eigenvalue weighted by atomic mass is 127. The summed E-state index contributed by atoms with van der Waals surface area (Å²) in [5, 5.41) is 0. The Hall–Kier alpha value is -3.02. The fraction of sp³-hybridized carbons (Fsp3) is 0.0323. The van der Waals surface area contributed by atoms with Crippen LogP contribution in [0.1, 0.15) is 5.56 Å². The van der Waals surface area contributed by atoms with E-state index in [1.54, 1.807) is 0 Å². The lowest BCUT2D eigenvalue weighted by Crippen LogP contribution is -2.04. The molecule has 5 rings (SSSR count). The maximum atomic E-state index is 6.17. The first-order valence-electron chi connectivity index (χ1n) is 11.2. The van der Waals surface area contributed by atoms with Crippen molar-refractivity contribution in [3.8, 4) is 22.6 Å². The van der Waals surface area contributed by atoms with Crippen molar-refractivity contribution in [2.24, 2.45) is 0 Å². The Kier molecular flexibility index (Phi) is 7.02. The van der Waals surface area contributed by atoms with Crippen LogP contribution in [-0.4, -0.2) is 0 Å². The lowest BCUT2D eigenvalue weighted by atomic mass is 10.0. The van der Waals surface area contributed by atoms with E-state index in [9.17, 15) is 0 Å². The van der Waals surface area contributed by atoms with E-state index in [0.717, 1.165) is 11.5 Å². The number of halogens is 1. The Balaban J connectivity index is 1.37. The molecule has 1 nitrogen and oxygen atoms in total. The molecule has 0 amide bonds. The van der Waals surface area contributed by atoms with Gasteiger partial charge in [-0.25, -0.2) is 0 Å². The Morgan fingerprint density at radius 1 is 0.559 bits per heavy atom. The molecule has 0 saturated heterocycles. The predicted octanol–water partition coefficient (Wildman–Crippen LogP) is 9.15. The summed E-state index contributed by atoms with van der Waals surface area (Å²) in [6.07, 6.45) is 0. The molecule has 0 atom stereocenters. The van der Waals surface area contributed by atoms with Crippen molar-refractivity contribution in [1.29, 1.82) is 0 Å². The van der Waals surface area contributed by atoms with E-state index < -0.39 is 0 Å². The van der Waals surface area contributed by atoms with Crippen molar-refractivity contribution < 1.29 is 4.74 Å². The average molecular weight is 572 g/mol. The number of hydrogen-bond donors (Lipinski definition) is 0. The number of benzene rings is 5. The number of rotatable bonds is 6. The first kappa shape index (κ1) is 22.8. The highest BCUT2D eigenvalue weighted by molar-refractivity contribution is 14.1. The lowest BCUT2D eigenvalue weighted by molar-refractivity contribution is 0.482. The van der Waals surface area contributed by atoms with Crippen LogP contribution in [0.2, 0.25) is 0 Å². The first-order chi connectivity index (χ1) is 16.7. The summed E-state index contributed by atoms with van der Waals surface area (Å²) in [6.45, 7) is 2.13. The van der Waals surface area contributed by atoms with Crippen LogP contribution in [-0.2, 0) is 10.9 Å². The third-order valence-corrected chi connectivity index (χ3v) is 8.71. The summed E-state index contributed by atoms with van der Waals surface area (Å²) in [5.41, 5.74) is 3.72. The molecule has 5 aromatic carbocycles. The maximum absolute atomic E-state index is 6.17. The molecule has 0 unspecified atom stereocenters. The van der Waals surface area contributed by atoms with Gasteiger partial charge in [0.05, 0.1) is 10.9 Å². The molecule has 0 aliphatic rings. The molecular formula is C31H24IOS+. The molecule has 0 heterocycles.